The van der Waals surface area contributed by atoms with Crippen molar-refractivity contribution < 1.29 is 37.8 Å². The maximum absolute atomic E-state index is 15.5. The van der Waals surface area contributed by atoms with E-state index in [1.165, 1.54) is 19.2 Å². The first kappa shape index (κ1) is 33.1. The molecular weight excluding hydrogens is 647 g/mol. The molecule has 15 heteroatoms. The van der Waals surface area contributed by atoms with Gasteiger partial charge in [-0.25, -0.2) is 23.8 Å². The Balaban J connectivity index is 1.34. The number of carbonyl (C=O) groups excluding carboxylic acids is 4. The van der Waals surface area contributed by atoms with Gasteiger partial charge in [-0.05, 0) is 62.9 Å². The van der Waals surface area contributed by atoms with Crippen LogP contribution in [0.25, 0.3) is 11.3 Å². The molecule has 0 aliphatic carbocycles. The van der Waals surface area contributed by atoms with E-state index in [9.17, 15) is 19.2 Å². The van der Waals surface area contributed by atoms with Gasteiger partial charge in [-0.3, -0.25) is 15.4 Å². The summed E-state index contributed by atoms with van der Waals surface area (Å²) < 4.78 is 31.3. The monoisotopic (exact) mass is 682 g/mol. The Kier molecular flexibility index (Phi) is 9.45. The standard InChI is InChI=1S/C33H36ClFN6O7/c1-3-47-30(43)23-8-5-4-7-20(28-36-16-25(39-28)19-10-9-18(15-24(19)38-23)37-31(44)46-2)29(42)41-14-6-13-33(17-41)26-22(40-32(45)48-33)12-11-21(34)27(26)35/h9-12,15-16,20,23,38H,3-8,13-14,17H2,1-2H3,(H,36,39)(H,37,44)(H,40,45)/t20-,23+,33-/m0/s1. The number of methoxy groups -OCH3 is 1. The molecule has 48 heavy (non-hydrogen) atoms. The van der Waals surface area contributed by atoms with Crippen LogP contribution < -0.4 is 16.0 Å². The van der Waals surface area contributed by atoms with Crippen LogP contribution in [0.2, 0.25) is 5.02 Å². The Labute approximate surface area is 280 Å². The van der Waals surface area contributed by atoms with Crippen LogP contribution in [0.3, 0.4) is 0 Å². The van der Waals surface area contributed by atoms with Gasteiger partial charge in [-0.1, -0.05) is 24.4 Å². The number of benzene rings is 2. The highest BCUT2D eigenvalue weighted by Gasteiger charge is 2.49. The molecule has 6 rings (SSSR count). The van der Waals surface area contributed by atoms with Gasteiger partial charge < -0.3 is 29.4 Å². The lowest BCUT2D eigenvalue weighted by Crippen LogP contribution is -2.54. The van der Waals surface area contributed by atoms with Crippen molar-refractivity contribution in [1.82, 2.24) is 14.9 Å². The molecule has 1 saturated heterocycles. The fourth-order valence-corrected chi connectivity index (χ4v) is 6.89. The van der Waals surface area contributed by atoms with Crippen LogP contribution in [0.4, 0.5) is 31.0 Å². The smallest absolute Gasteiger partial charge is 0.412 e. The number of anilines is 3. The van der Waals surface area contributed by atoms with Crippen molar-refractivity contribution in [3.8, 4) is 11.3 Å². The number of imidazole rings is 1. The number of aromatic nitrogens is 2. The maximum atomic E-state index is 15.5. The van der Waals surface area contributed by atoms with Crippen LogP contribution in [0, 0.1) is 5.82 Å². The van der Waals surface area contributed by atoms with Crippen LogP contribution in [-0.2, 0) is 29.4 Å². The molecule has 2 aromatic carbocycles. The van der Waals surface area contributed by atoms with Crippen LogP contribution in [-0.4, -0.2) is 71.8 Å². The molecule has 3 aromatic rings. The van der Waals surface area contributed by atoms with E-state index >= 15 is 4.39 Å². The third-order valence-corrected chi connectivity index (χ3v) is 9.24. The van der Waals surface area contributed by atoms with E-state index in [1.807, 2.05) is 0 Å². The average Bonchev–Trinajstić information content (AvgIpc) is 3.55. The highest BCUT2D eigenvalue weighted by Crippen LogP contribution is 2.46. The summed E-state index contributed by atoms with van der Waals surface area (Å²) in [4.78, 5) is 61.4. The quantitative estimate of drug-likeness (QED) is 0.187. The van der Waals surface area contributed by atoms with Gasteiger partial charge in [-0.2, -0.15) is 0 Å². The van der Waals surface area contributed by atoms with E-state index < -0.39 is 41.5 Å². The minimum Gasteiger partial charge on any atom is -0.464 e. The van der Waals surface area contributed by atoms with Crippen molar-refractivity contribution in [2.75, 3.05) is 42.8 Å². The van der Waals surface area contributed by atoms with Crippen LogP contribution in [0.5, 0.6) is 0 Å². The van der Waals surface area contributed by atoms with Crippen molar-refractivity contribution >= 4 is 52.7 Å². The molecule has 3 aliphatic heterocycles. The van der Waals surface area contributed by atoms with Crippen LogP contribution >= 0.6 is 11.6 Å². The van der Waals surface area contributed by atoms with Gasteiger partial charge in [0, 0.05) is 23.5 Å². The summed E-state index contributed by atoms with van der Waals surface area (Å²) in [5.41, 5.74) is 1.17. The van der Waals surface area contributed by atoms with Crippen LogP contribution in [0.15, 0.2) is 36.5 Å². The largest absolute Gasteiger partial charge is 0.464 e. The molecule has 254 valence electrons. The van der Waals surface area contributed by atoms with Gasteiger partial charge in [0.2, 0.25) is 5.91 Å². The maximum Gasteiger partial charge on any atom is 0.412 e. The molecule has 1 fully saturated rings. The fraction of sp³-hybridized carbons (Fsp3) is 0.424. The first-order chi connectivity index (χ1) is 23.1. The molecule has 1 spiro atoms. The number of ether oxygens (including phenoxy) is 3. The highest BCUT2D eigenvalue weighted by atomic mass is 35.5. The van der Waals surface area contributed by atoms with Gasteiger partial charge in [0.15, 0.2) is 11.4 Å². The van der Waals surface area contributed by atoms with Crippen molar-refractivity contribution in [3.05, 3.63) is 58.8 Å². The lowest BCUT2D eigenvalue weighted by Gasteiger charge is -2.45. The van der Waals surface area contributed by atoms with Crippen molar-refractivity contribution in [1.29, 1.82) is 0 Å². The normalized spacial score (nSPS) is 22.0. The topological polar surface area (TPSA) is 164 Å². The van der Waals surface area contributed by atoms with E-state index in [-0.39, 0.29) is 35.3 Å². The summed E-state index contributed by atoms with van der Waals surface area (Å²) in [6.45, 7) is 2.26. The minimum atomic E-state index is -1.41. The number of likely N-dealkylation sites (tertiary alicyclic amines) is 1. The molecular formula is C33H36ClFN6O7. The summed E-state index contributed by atoms with van der Waals surface area (Å²) in [5.74, 6) is -1.63. The van der Waals surface area contributed by atoms with Gasteiger partial charge >= 0.3 is 18.2 Å². The number of nitrogens with zero attached hydrogens (tertiary/aromatic N) is 2. The zero-order valence-corrected chi connectivity index (χ0v) is 27.2. The molecule has 1 aromatic heterocycles. The Bertz CT molecular complexity index is 1750. The molecule has 3 amide bonds. The number of nitrogens with one attached hydrogen (secondary N) is 4. The zero-order chi connectivity index (χ0) is 34.0. The zero-order valence-electron chi connectivity index (χ0n) is 26.5. The number of esters is 1. The number of hydrogen-bond acceptors (Lipinski definition) is 9. The fourth-order valence-electron chi connectivity index (χ4n) is 6.73. The third kappa shape index (κ3) is 6.48. The van der Waals surface area contributed by atoms with Crippen LogP contribution in [0.1, 0.15) is 62.8 Å². The first-order valence-corrected chi connectivity index (χ1v) is 16.2. The molecule has 0 unspecified atom stereocenters. The summed E-state index contributed by atoms with van der Waals surface area (Å²) in [5, 5.41) is 8.37. The molecule has 0 saturated carbocycles. The SMILES string of the molecule is CCOC(=O)[C@H]1CCCC[C@H](C(=O)N2CCC[C@@]3(C2)OC(=O)Nc2ccc(Cl)c(F)c23)c2ncc([nH]2)-c2ccc(NC(=O)OC)cc2N1. The number of halogens is 2. The summed E-state index contributed by atoms with van der Waals surface area (Å²) in [6.07, 6.45) is 2.99. The second kappa shape index (κ2) is 13.7. The van der Waals surface area contributed by atoms with E-state index in [0.29, 0.717) is 73.5 Å². The molecule has 4 heterocycles. The number of hydrogen-bond donors (Lipinski definition) is 4. The van der Waals surface area contributed by atoms with Crippen molar-refractivity contribution in [2.24, 2.45) is 0 Å². The molecule has 4 N–H and O–H groups in total. The van der Waals surface area contributed by atoms with Gasteiger partial charge in [-0.15, -0.1) is 0 Å². The summed E-state index contributed by atoms with van der Waals surface area (Å²) in [7, 11) is 1.26. The first-order valence-electron chi connectivity index (χ1n) is 15.9. The Hall–Kier alpha value is -4.85. The number of carbonyl (C=O) groups is 4. The third-order valence-electron chi connectivity index (χ3n) is 8.94. The average molecular weight is 683 g/mol. The Morgan fingerprint density at radius 3 is 2.77 bits per heavy atom. The molecule has 3 atom stereocenters. The predicted octanol–water partition coefficient (Wildman–Crippen LogP) is 6.13. The number of piperidine rings is 1. The van der Waals surface area contributed by atoms with Crippen molar-refractivity contribution in [3.63, 3.8) is 0 Å². The molecule has 2 bridgehead atoms. The minimum absolute atomic E-state index is 0.0543. The second-order valence-corrected chi connectivity index (χ2v) is 12.4. The number of rotatable bonds is 4. The summed E-state index contributed by atoms with van der Waals surface area (Å²) in [6, 6.07) is 7.33. The van der Waals surface area contributed by atoms with Gasteiger partial charge in [0.05, 0.1) is 54.3 Å². The lowest BCUT2D eigenvalue weighted by atomic mass is 9.82. The van der Waals surface area contributed by atoms with E-state index in [1.54, 1.807) is 36.2 Å². The highest BCUT2D eigenvalue weighted by molar-refractivity contribution is 6.31. The lowest BCUT2D eigenvalue weighted by molar-refractivity contribution is -0.144. The molecule has 0 radical (unpaired) electrons. The van der Waals surface area contributed by atoms with Gasteiger partial charge in [0.1, 0.15) is 11.9 Å². The van der Waals surface area contributed by atoms with E-state index in [2.05, 4.69) is 25.9 Å². The van der Waals surface area contributed by atoms with E-state index in [4.69, 9.17) is 25.8 Å². The number of fused-ring (bicyclic) bond motifs is 6. The Morgan fingerprint density at radius 2 is 1.98 bits per heavy atom. The van der Waals surface area contributed by atoms with Gasteiger partial charge in [0.25, 0.3) is 0 Å². The molecule has 13 nitrogen and oxygen atoms in total. The second-order valence-electron chi connectivity index (χ2n) is 12.0. The van der Waals surface area contributed by atoms with E-state index in [0.717, 1.165) is 0 Å². The predicted molar refractivity (Wildman–Crippen MR) is 174 cm³/mol. The number of amides is 3. The summed E-state index contributed by atoms with van der Waals surface area (Å²) >= 11 is 6.14. The van der Waals surface area contributed by atoms with Crippen molar-refractivity contribution in [2.45, 2.75) is 63.0 Å². The number of aromatic amines is 1. The Morgan fingerprint density at radius 1 is 1.17 bits per heavy atom. The number of H-pyrrole nitrogens is 1. The molecule has 3 aliphatic rings.